The summed E-state index contributed by atoms with van der Waals surface area (Å²) in [6.45, 7) is 8.37. The fraction of sp³-hybridized carbons (Fsp3) is 0.588. The summed E-state index contributed by atoms with van der Waals surface area (Å²) in [4.78, 5) is 11.2. The molecule has 0 N–H and O–H groups in total. The van der Waals surface area contributed by atoms with Crippen LogP contribution in [-0.4, -0.2) is 5.78 Å². The zero-order valence-corrected chi connectivity index (χ0v) is 12.2. The highest BCUT2D eigenvalue weighted by molar-refractivity contribution is 5.75. The Kier molecular flexibility index (Phi) is 4.07. The van der Waals surface area contributed by atoms with Crippen molar-refractivity contribution in [2.75, 3.05) is 0 Å². The lowest BCUT2D eigenvalue weighted by molar-refractivity contribution is -0.116. The van der Waals surface area contributed by atoms with Crippen LogP contribution in [0, 0.1) is 23.6 Å². The van der Waals surface area contributed by atoms with E-state index in [1.807, 2.05) is 6.07 Å². The van der Waals surface area contributed by atoms with Gasteiger partial charge in [0, 0.05) is 6.42 Å². The van der Waals surface area contributed by atoms with Crippen LogP contribution in [0.2, 0.25) is 0 Å². The van der Waals surface area contributed by atoms with Crippen molar-refractivity contribution in [2.24, 2.45) is 17.8 Å². The molecule has 2 rings (SSSR count). The molecule has 0 spiro atoms. The Labute approximate surface area is 115 Å². The average Bonchev–Trinajstić information content (AvgIpc) is 2.37. The predicted octanol–water partition coefficient (Wildman–Crippen LogP) is 4.35. The molecule has 2 unspecified atom stereocenters. The number of aryl methyl sites for hydroxylation is 1. The topological polar surface area (TPSA) is 17.1 Å². The summed E-state index contributed by atoms with van der Waals surface area (Å²) in [7, 11) is 0. The number of carbonyl (C=O) groups is 1. The molecule has 1 aliphatic rings. The van der Waals surface area contributed by atoms with Gasteiger partial charge in [0.1, 0.15) is 11.6 Å². The molecule has 1 saturated carbocycles. The van der Waals surface area contributed by atoms with Gasteiger partial charge in [0.2, 0.25) is 0 Å². The van der Waals surface area contributed by atoms with Crippen LogP contribution in [0.3, 0.4) is 0 Å². The molecule has 0 aliphatic heterocycles. The van der Waals surface area contributed by atoms with Crippen molar-refractivity contribution in [1.29, 1.82) is 0 Å². The van der Waals surface area contributed by atoms with Crippen molar-refractivity contribution in [3.8, 4) is 0 Å². The first-order valence-electron chi connectivity index (χ1n) is 7.19. The molecule has 0 amide bonds. The van der Waals surface area contributed by atoms with E-state index in [4.69, 9.17) is 0 Å². The lowest BCUT2D eigenvalue weighted by Crippen LogP contribution is -2.40. The Hall–Kier alpha value is -1.18. The van der Waals surface area contributed by atoms with Crippen molar-refractivity contribution >= 4 is 5.78 Å². The summed E-state index contributed by atoms with van der Waals surface area (Å²) in [6.07, 6.45) is 1.28. The van der Waals surface area contributed by atoms with Crippen LogP contribution in [0.25, 0.3) is 0 Å². The zero-order valence-electron chi connectivity index (χ0n) is 12.2. The zero-order chi connectivity index (χ0) is 14.2. The van der Waals surface area contributed by atoms with Crippen LogP contribution in [-0.2, 0) is 11.2 Å². The molecule has 0 aromatic heterocycles. The van der Waals surface area contributed by atoms with E-state index in [9.17, 15) is 9.18 Å². The Balaban J connectivity index is 2.27. The van der Waals surface area contributed by atoms with Gasteiger partial charge in [-0.2, -0.15) is 0 Å². The largest absolute Gasteiger partial charge is 0.300 e. The molecule has 1 aliphatic carbocycles. The number of hydrogen-bond donors (Lipinski definition) is 0. The smallest absolute Gasteiger partial charge is 0.130 e. The molecule has 1 fully saturated rings. The molecule has 104 valence electrons. The summed E-state index contributed by atoms with van der Waals surface area (Å²) in [6, 6.07) is 5.05. The standard InChI is InChI=1S/C17H23FO/c1-10(19)5-6-14-7-8-15(18)9-16(14)17-12(3)11(2)13(17)4/h7-9,11-13,17H,5-6H2,1-4H3. The second-order valence-corrected chi connectivity index (χ2v) is 6.15. The Morgan fingerprint density at radius 2 is 1.79 bits per heavy atom. The first kappa shape index (κ1) is 14.2. The van der Waals surface area contributed by atoms with Gasteiger partial charge < -0.3 is 4.79 Å². The van der Waals surface area contributed by atoms with E-state index >= 15 is 0 Å². The summed E-state index contributed by atoms with van der Waals surface area (Å²) in [5.41, 5.74) is 2.27. The van der Waals surface area contributed by atoms with Crippen molar-refractivity contribution in [2.45, 2.75) is 46.5 Å². The number of rotatable bonds is 4. The van der Waals surface area contributed by atoms with E-state index in [0.717, 1.165) is 17.5 Å². The fourth-order valence-corrected chi connectivity index (χ4v) is 3.45. The molecule has 1 aromatic rings. The highest BCUT2D eigenvalue weighted by Crippen LogP contribution is 2.52. The molecule has 0 heterocycles. The van der Waals surface area contributed by atoms with Gasteiger partial charge in [-0.25, -0.2) is 4.39 Å². The maximum Gasteiger partial charge on any atom is 0.130 e. The lowest BCUT2D eigenvalue weighted by Gasteiger charge is -2.49. The highest BCUT2D eigenvalue weighted by atomic mass is 19.1. The molecular weight excluding hydrogens is 239 g/mol. The SMILES string of the molecule is CC(=O)CCc1ccc(F)cc1C1C(C)C(C)C1C. The minimum absolute atomic E-state index is 0.166. The molecule has 2 atom stereocenters. The van der Waals surface area contributed by atoms with Crippen LogP contribution in [0.15, 0.2) is 18.2 Å². The van der Waals surface area contributed by atoms with Crippen molar-refractivity contribution in [3.63, 3.8) is 0 Å². The van der Waals surface area contributed by atoms with Crippen molar-refractivity contribution < 1.29 is 9.18 Å². The van der Waals surface area contributed by atoms with Crippen LogP contribution in [0.1, 0.15) is 51.2 Å². The molecule has 1 nitrogen and oxygen atoms in total. The number of hydrogen-bond acceptors (Lipinski definition) is 1. The third-order valence-electron chi connectivity index (χ3n) is 5.01. The molecular formula is C17H23FO. The maximum absolute atomic E-state index is 13.6. The van der Waals surface area contributed by atoms with E-state index in [0.29, 0.717) is 30.1 Å². The van der Waals surface area contributed by atoms with Gasteiger partial charge in [-0.15, -0.1) is 0 Å². The molecule has 0 saturated heterocycles. The maximum atomic E-state index is 13.6. The summed E-state index contributed by atoms with van der Waals surface area (Å²) in [5.74, 6) is 2.33. The third-order valence-corrected chi connectivity index (χ3v) is 5.01. The van der Waals surface area contributed by atoms with Crippen LogP contribution >= 0.6 is 0 Å². The Morgan fingerprint density at radius 1 is 1.16 bits per heavy atom. The van der Waals surface area contributed by atoms with Gasteiger partial charge >= 0.3 is 0 Å². The quantitative estimate of drug-likeness (QED) is 0.788. The van der Waals surface area contributed by atoms with E-state index in [-0.39, 0.29) is 11.6 Å². The molecule has 2 heteroatoms. The van der Waals surface area contributed by atoms with Crippen LogP contribution < -0.4 is 0 Å². The summed E-state index contributed by atoms with van der Waals surface area (Å²) in [5, 5.41) is 0. The van der Waals surface area contributed by atoms with Gasteiger partial charge in [0.25, 0.3) is 0 Å². The minimum Gasteiger partial charge on any atom is -0.300 e. The monoisotopic (exact) mass is 262 g/mol. The third kappa shape index (κ3) is 2.72. The fourth-order valence-electron chi connectivity index (χ4n) is 3.45. The lowest BCUT2D eigenvalue weighted by atomic mass is 9.56. The van der Waals surface area contributed by atoms with Gasteiger partial charge in [0.15, 0.2) is 0 Å². The Bertz CT molecular complexity index is 470. The Morgan fingerprint density at radius 3 is 2.37 bits per heavy atom. The molecule has 19 heavy (non-hydrogen) atoms. The average molecular weight is 262 g/mol. The van der Waals surface area contributed by atoms with Gasteiger partial charge in [-0.3, -0.25) is 0 Å². The van der Waals surface area contributed by atoms with Gasteiger partial charge in [-0.05, 0) is 60.3 Å². The first-order valence-corrected chi connectivity index (χ1v) is 7.19. The second-order valence-electron chi connectivity index (χ2n) is 6.15. The minimum atomic E-state index is -0.166. The molecule has 0 bridgehead atoms. The van der Waals surface area contributed by atoms with E-state index in [1.165, 1.54) is 6.07 Å². The summed E-state index contributed by atoms with van der Waals surface area (Å²) >= 11 is 0. The van der Waals surface area contributed by atoms with Crippen molar-refractivity contribution in [3.05, 3.63) is 35.1 Å². The van der Waals surface area contributed by atoms with E-state index in [2.05, 4.69) is 20.8 Å². The number of Topliss-reactive ketones (excluding diaryl/α,β-unsaturated/α-hetero) is 1. The van der Waals surface area contributed by atoms with Crippen LogP contribution in [0.5, 0.6) is 0 Å². The first-order chi connectivity index (χ1) is 8.91. The van der Waals surface area contributed by atoms with Gasteiger partial charge in [-0.1, -0.05) is 26.8 Å². The summed E-state index contributed by atoms with van der Waals surface area (Å²) < 4.78 is 13.6. The van der Waals surface area contributed by atoms with Gasteiger partial charge in [0.05, 0.1) is 0 Å². The number of carbonyl (C=O) groups excluding carboxylic acids is 1. The second kappa shape index (κ2) is 5.44. The molecule has 1 aromatic carbocycles. The normalized spacial score (nSPS) is 29.9. The number of ketones is 1. The van der Waals surface area contributed by atoms with Crippen LogP contribution in [0.4, 0.5) is 4.39 Å². The predicted molar refractivity (Wildman–Crippen MR) is 75.6 cm³/mol. The van der Waals surface area contributed by atoms with Crippen molar-refractivity contribution in [1.82, 2.24) is 0 Å². The van der Waals surface area contributed by atoms with E-state index in [1.54, 1.807) is 13.0 Å². The van der Waals surface area contributed by atoms with E-state index < -0.39 is 0 Å². The highest BCUT2D eigenvalue weighted by Gasteiger charge is 2.43. The number of benzene rings is 1. The number of halogens is 1. The molecule has 0 radical (unpaired) electrons.